The van der Waals surface area contributed by atoms with E-state index < -0.39 is 0 Å². The number of benzene rings is 1. The number of nitrogens with one attached hydrogen (secondary N) is 1. The van der Waals surface area contributed by atoms with E-state index in [4.69, 9.17) is 0 Å². The highest BCUT2D eigenvalue weighted by molar-refractivity contribution is 5.99. The fourth-order valence-corrected chi connectivity index (χ4v) is 1.96. The molecule has 74 valence electrons. The van der Waals surface area contributed by atoms with Crippen molar-refractivity contribution in [2.24, 2.45) is 0 Å². The molecule has 0 bridgehead atoms. The molecule has 0 aliphatic carbocycles. The maximum atomic E-state index is 11.5. The van der Waals surface area contributed by atoms with E-state index in [0.29, 0.717) is 0 Å². The molecular weight excluding hydrogens is 174 g/mol. The first-order valence-electron chi connectivity index (χ1n) is 5.22. The molecule has 0 unspecified atom stereocenters. The van der Waals surface area contributed by atoms with Crippen molar-refractivity contribution in [1.82, 2.24) is 5.32 Å². The molecular formula is C12H15NO. The van der Waals surface area contributed by atoms with Crippen LogP contribution < -0.4 is 5.32 Å². The third-order valence-electron chi connectivity index (χ3n) is 2.73. The Bertz CT molecular complexity index is 346. The first kappa shape index (κ1) is 9.25. The van der Waals surface area contributed by atoms with Gasteiger partial charge < -0.3 is 5.32 Å². The van der Waals surface area contributed by atoms with Crippen molar-refractivity contribution >= 4 is 5.91 Å². The zero-order valence-electron chi connectivity index (χ0n) is 8.42. The number of hydrogen-bond donors (Lipinski definition) is 1. The van der Waals surface area contributed by atoms with Gasteiger partial charge in [-0.05, 0) is 18.1 Å². The van der Waals surface area contributed by atoms with Gasteiger partial charge in [-0.25, -0.2) is 0 Å². The first-order valence-corrected chi connectivity index (χ1v) is 5.22. The molecule has 1 atom stereocenters. The molecule has 14 heavy (non-hydrogen) atoms. The largest absolute Gasteiger partial charge is 0.345 e. The molecule has 1 aromatic carbocycles. The van der Waals surface area contributed by atoms with Crippen LogP contribution in [0.1, 0.15) is 48.1 Å². The Kier molecular flexibility index (Phi) is 2.53. The lowest BCUT2D eigenvalue weighted by molar-refractivity contribution is 0.0954. The molecule has 0 saturated carbocycles. The van der Waals surface area contributed by atoms with Gasteiger partial charge in [-0.2, -0.15) is 0 Å². The average molecular weight is 189 g/mol. The molecule has 0 aromatic heterocycles. The van der Waals surface area contributed by atoms with Gasteiger partial charge in [0.25, 0.3) is 5.91 Å². The van der Waals surface area contributed by atoms with Gasteiger partial charge in [-0.1, -0.05) is 38.0 Å². The minimum atomic E-state index is 0.0849. The second kappa shape index (κ2) is 3.82. The van der Waals surface area contributed by atoms with Crippen molar-refractivity contribution in [3.05, 3.63) is 35.4 Å². The Morgan fingerprint density at radius 1 is 1.36 bits per heavy atom. The number of unbranched alkanes of at least 4 members (excludes halogenated alkanes) is 1. The molecule has 1 aliphatic heterocycles. The summed E-state index contributed by atoms with van der Waals surface area (Å²) in [5, 5.41) is 3.02. The zero-order chi connectivity index (χ0) is 9.97. The summed E-state index contributed by atoms with van der Waals surface area (Å²) in [6, 6.07) is 8.11. The topological polar surface area (TPSA) is 29.1 Å². The third kappa shape index (κ3) is 1.52. The quantitative estimate of drug-likeness (QED) is 0.778. The smallest absolute Gasteiger partial charge is 0.252 e. The fourth-order valence-electron chi connectivity index (χ4n) is 1.96. The van der Waals surface area contributed by atoms with Crippen LogP contribution in [0.2, 0.25) is 0 Å². The van der Waals surface area contributed by atoms with Crippen LogP contribution in [0.3, 0.4) is 0 Å². The molecule has 0 radical (unpaired) electrons. The van der Waals surface area contributed by atoms with Crippen LogP contribution in [-0.4, -0.2) is 5.91 Å². The van der Waals surface area contributed by atoms with Gasteiger partial charge in [-0.3, -0.25) is 4.79 Å². The molecule has 2 nitrogen and oxygen atoms in total. The van der Waals surface area contributed by atoms with Gasteiger partial charge in [0, 0.05) is 5.56 Å². The van der Waals surface area contributed by atoms with E-state index >= 15 is 0 Å². The predicted molar refractivity (Wildman–Crippen MR) is 56.2 cm³/mol. The van der Waals surface area contributed by atoms with Crippen LogP contribution >= 0.6 is 0 Å². The second-order valence-electron chi connectivity index (χ2n) is 3.76. The van der Waals surface area contributed by atoms with E-state index in [2.05, 4.69) is 12.2 Å². The van der Waals surface area contributed by atoms with E-state index in [1.165, 1.54) is 18.4 Å². The highest BCUT2D eigenvalue weighted by Crippen LogP contribution is 2.28. The van der Waals surface area contributed by atoms with E-state index in [1.54, 1.807) is 0 Å². The minimum Gasteiger partial charge on any atom is -0.345 e. The lowest BCUT2D eigenvalue weighted by Crippen LogP contribution is -2.18. The molecule has 1 heterocycles. The van der Waals surface area contributed by atoms with Crippen LogP contribution in [0.5, 0.6) is 0 Å². The highest BCUT2D eigenvalue weighted by atomic mass is 16.2. The summed E-state index contributed by atoms with van der Waals surface area (Å²) >= 11 is 0. The van der Waals surface area contributed by atoms with Crippen molar-refractivity contribution in [2.75, 3.05) is 0 Å². The van der Waals surface area contributed by atoms with Crippen molar-refractivity contribution in [3.8, 4) is 0 Å². The van der Waals surface area contributed by atoms with Crippen molar-refractivity contribution < 1.29 is 4.79 Å². The SMILES string of the molecule is CCCC[C@@H]1NC(=O)c2ccccc21. The highest BCUT2D eigenvalue weighted by Gasteiger charge is 2.26. The van der Waals surface area contributed by atoms with Gasteiger partial charge in [-0.15, -0.1) is 0 Å². The van der Waals surface area contributed by atoms with Crippen molar-refractivity contribution in [1.29, 1.82) is 0 Å². The summed E-state index contributed by atoms with van der Waals surface area (Å²) in [4.78, 5) is 11.5. The third-order valence-corrected chi connectivity index (χ3v) is 2.73. The predicted octanol–water partition coefficient (Wildman–Crippen LogP) is 2.66. The van der Waals surface area contributed by atoms with Crippen LogP contribution in [0, 0.1) is 0 Å². The Balaban J connectivity index is 2.21. The number of hydrogen-bond acceptors (Lipinski definition) is 1. The van der Waals surface area contributed by atoms with Crippen molar-refractivity contribution in [3.63, 3.8) is 0 Å². The van der Waals surface area contributed by atoms with Crippen LogP contribution in [-0.2, 0) is 0 Å². The molecule has 2 rings (SSSR count). The van der Waals surface area contributed by atoms with E-state index in [1.807, 2.05) is 24.3 Å². The fraction of sp³-hybridized carbons (Fsp3) is 0.417. The summed E-state index contributed by atoms with van der Waals surface area (Å²) in [7, 11) is 0. The minimum absolute atomic E-state index is 0.0849. The van der Waals surface area contributed by atoms with Gasteiger partial charge in [0.05, 0.1) is 6.04 Å². The average Bonchev–Trinajstić information content (AvgIpc) is 2.54. The van der Waals surface area contributed by atoms with Crippen LogP contribution in [0.25, 0.3) is 0 Å². The molecule has 1 aliphatic rings. The van der Waals surface area contributed by atoms with E-state index in [0.717, 1.165) is 12.0 Å². The monoisotopic (exact) mass is 189 g/mol. The van der Waals surface area contributed by atoms with Crippen LogP contribution in [0.15, 0.2) is 24.3 Å². The normalized spacial score (nSPS) is 19.2. The number of fused-ring (bicyclic) bond motifs is 1. The van der Waals surface area contributed by atoms with E-state index in [9.17, 15) is 4.79 Å². The molecule has 1 N–H and O–H groups in total. The maximum absolute atomic E-state index is 11.5. The van der Waals surface area contributed by atoms with Gasteiger partial charge in [0.1, 0.15) is 0 Å². The molecule has 2 heteroatoms. The summed E-state index contributed by atoms with van der Waals surface area (Å²) in [5.74, 6) is 0.0849. The van der Waals surface area contributed by atoms with E-state index in [-0.39, 0.29) is 11.9 Å². The van der Waals surface area contributed by atoms with Crippen molar-refractivity contribution in [2.45, 2.75) is 32.2 Å². The lowest BCUT2D eigenvalue weighted by Gasteiger charge is -2.09. The lowest BCUT2D eigenvalue weighted by atomic mass is 10.0. The Hall–Kier alpha value is -1.31. The molecule has 0 spiro atoms. The molecule has 1 aromatic rings. The number of rotatable bonds is 3. The summed E-state index contributed by atoms with van der Waals surface area (Å²) in [6.07, 6.45) is 3.40. The number of carbonyl (C=O) groups excluding carboxylic acids is 1. The molecule has 0 fully saturated rings. The second-order valence-corrected chi connectivity index (χ2v) is 3.76. The van der Waals surface area contributed by atoms with Gasteiger partial charge in [0.15, 0.2) is 0 Å². The summed E-state index contributed by atoms with van der Waals surface area (Å²) in [6.45, 7) is 2.17. The van der Waals surface area contributed by atoms with Gasteiger partial charge in [0.2, 0.25) is 0 Å². The zero-order valence-corrected chi connectivity index (χ0v) is 8.42. The Labute approximate surface area is 84.3 Å². The van der Waals surface area contributed by atoms with Crippen LogP contribution in [0.4, 0.5) is 0 Å². The Morgan fingerprint density at radius 3 is 2.93 bits per heavy atom. The maximum Gasteiger partial charge on any atom is 0.252 e. The molecule has 0 saturated heterocycles. The Morgan fingerprint density at radius 2 is 2.14 bits per heavy atom. The number of amides is 1. The standard InChI is InChI=1S/C12H15NO/c1-2-3-8-11-9-6-4-5-7-10(9)12(14)13-11/h4-7,11H,2-3,8H2,1H3,(H,13,14)/t11-/m0/s1. The summed E-state index contributed by atoms with van der Waals surface area (Å²) in [5.41, 5.74) is 2.03. The number of carbonyl (C=O) groups is 1. The summed E-state index contributed by atoms with van der Waals surface area (Å²) < 4.78 is 0. The van der Waals surface area contributed by atoms with Gasteiger partial charge >= 0.3 is 0 Å². The molecule has 1 amide bonds. The first-order chi connectivity index (χ1) is 6.83.